The van der Waals surface area contributed by atoms with Crippen molar-refractivity contribution in [2.75, 3.05) is 5.32 Å². The lowest BCUT2D eigenvalue weighted by molar-refractivity contribution is 0.102. The van der Waals surface area contributed by atoms with E-state index in [0.29, 0.717) is 20.7 Å². The quantitative estimate of drug-likeness (QED) is 0.908. The van der Waals surface area contributed by atoms with Gasteiger partial charge in [0.15, 0.2) is 0 Å². The van der Waals surface area contributed by atoms with Crippen molar-refractivity contribution in [2.45, 2.75) is 0 Å². The van der Waals surface area contributed by atoms with Crippen LogP contribution >= 0.6 is 27.5 Å². The summed E-state index contributed by atoms with van der Waals surface area (Å²) in [5.41, 5.74) is 0.719. The van der Waals surface area contributed by atoms with Crippen molar-refractivity contribution < 1.29 is 9.18 Å². The average molecular weight is 330 g/mol. The van der Waals surface area contributed by atoms with E-state index in [1.807, 2.05) is 0 Å². The number of anilines is 1. The minimum absolute atomic E-state index is 0.316. The third-order valence-electron chi connectivity index (χ3n) is 2.19. The highest BCUT2D eigenvalue weighted by molar-refractivity contribution is 9.10. The fourth-order valence-corrected chi connectivity index (χ4v) is 2.02. The van der Waals surface area contributed by atoms with Gasteiger partial charge in [0.05, 0.1) is 22.5 Å². The zero-order valence-electron chi connectivity index (χ0n) is 8.95. The van der Waals surface area contributed by atoms with Gasteiger partial charge in [-0.15, -0.1) is 0 Å². The van der Waals surface area contributed by atoms with Crippen molar-refractivity contribution in [1.82, 2.24) is 4.98 Å². The lowest BCUT2D eigenvalue weighted by Crippen LogP contribution is -2.13. The van der Waals surface area contributed by atoms with Crippen LogP contribution in [0.15, 0.2) is 41.1 Å². The van der Waals surface area contributed by atoms with E-state index < -0.39 is 11.7 Å². The molecule has 0 spiro atoms. The molecule has 0 saturated carbocycles. The normalized spacial score (nSPS) is 10.2. The van der Waals surface area contributed by atoms with Crippen molar-refractivity contribution in [1.29, 1.82) is 0 Å². The first-order valence-corrected chi connectivity index (χ1v) is 6.11. The third-order valence-corrected chi connectivity index (χ3v) is 3.18. The Hall–Kier alpha value is -1.46. The fourth-order valence-electron chi connectivity index (χ4n) is 1.33. The van der Waals surface area contributed by atoms with Gasteiger partial charge in [-0.2, -0.15) is 0 Å². The molecule has 2 rings (SSSR count). The molecule has 92 valence electrons. The molecule has 0 saturated heterocycles. The molecule has 1 aromatic heterocycles. The first kappa shape index (κ1) is 13.0. The minimum Gasteiger partial charge on any atom is -0.319 e. The van der Waals surface area contributed by atoms with Crippen LogP contribution in [0.2, 0.25) is 5.02 Å². The summed E-state index contributed by atoms with van der Waals surface area (Å²) in [7, 11) is 0. The number of rotatable bonds is 2. The van der Waals surface area contributed by atoms with Gasteiger partial charge in [-0.1, -0.05) is 11.6 Å². The number of benzene rings is 1. The van der Waals surface area contributed by atoms with Gasteiger partial charge in [0.1, 0.15) is 5.82 Å². The molecule has 2 aromatic rings. The Kier molecular flexibility index (Phi) is 3.93. The van der Waals surface area contributed by atoms with E-state index in [2.05, 4.69) is 26.2 Å². The molecule has 0 aliphatic heterocycles. The van der Waals surface area contributed by atoms with E-state index >= 15 is 0 Å². The topological polar surface area (TPSA) is 42.0 Å². The van der Waals surface area contributed by atoms with Crippen molar-refractivity contribution in [3.05, 3.63) is 57.5 Å². The van der Waals surface area contributed by atoms with Crippen molar-refractivity contribution in [3.63, 3.8) is 0 Å². The second-order valence-corrected chi connectivity index (χ2v) is 4.70. The predicted molar refractivity (Wildman–Crippen MR) is 71.3 cm³/mol. The van der Waals surface area contributed by atoms with Crippen LogP contribution in [-0.2, 0) is 0 Å². The van der Waals surface area contributed by atoms with Crippen LogP contribution in [0.4, 0.5) is 10.1 Å². The Labute approximate surface area is 116 Å². The highest BCUT2D eigenvalue weighted by Gasteiger charge is 2.12. The zero-order chi connectivity index (χ0) is 13.1. The van der Waals surface area contributed by atoms with Crippen LogP contribution in [0, 0.1) is 5.82 Å². The van der Waals surface area contributed by atoms with Crippen LogP contribution < -0.4 is 5.32 Å². The second kappa shape index (κ2) is 5.46. The molecule has 0 atom stereocenters. The number of carbonyl (C=O) groups excluding carboxylic acids is 1. The van der Waals surface area contributed by atoms with E-state index in [0.717, 1.165) is 0 Å². The molecule has 0 aliphatic rings. The Morgan fingerprint density at radius 2 is 2.17 bits per heavy atom. The Balaban J connectivity index is 2.25. The molecule has 1 heterocycles. The van der Waals surface area contributed by atoms with Crippen LogP contribution in [0.25, 0.3) is 0 Å². The van der Waals surface area contributed by atoms with E-state index in [1.165, 1.54) is 30.6 Å². The highest BCUT2D eigenvalue weighted by atomic mass is 79.9. The third kappa shape index (κ3) is 2.86. The van der Waals surface area contributed by atoms with Gasteiger partial charge in [0.25, 0.3) is 5.91 Å². The molecule has 0 aliphatic carbocycles. The summed E-state index contributed by atoms with van der Waals surface area (Å²) in [6.45, 7) is 0. The zero-order valence-corrected chi connectivity index (χ0v) is 11.3. The standard InChI is InChI=1S/C12H7BrClFN2O/c13-9-5-7(15)1-2-8(9)12(18)17-11-6-16-4-3-10(11)14/h1-6H,(H,17,18). The number of pyridine rings is 1. The summed E-state index contributed by atoms with van der Waals surface area (Å²) >= 11 is 9.02. The van der Waals surface area contributed by atoms with Crippen molar-refractivity contribution in [2.24, 2.45) is 0 Å². The van der Waals surface area contributed by atoms with Gasteiger partial charge < -0.3 is 5.32 Å². The molecule has 1 aromatic carbocycles. The maximum Gasteiger partial charge on any atom is 0.256 e. The molecule has 0 unspecified atom stereocenters. The molecule has 1 N–H and O–H groups in total. The minimum atomic E-state index is -0.419. The number of nitrogens with one attached hydrogen (secondary N) is 1. The molecular formula is C12H7BrClFN2O. The number of aromatic nitrogens is 1. The molecule has 1 amide bonds. The second-order valence-electron chi connectivity index (χ2n) is 3.43. The lowest BCUT2D eigenvalue weighted by Gasteiger charge is -2.07. The molecule has 0 bridgehead atoms. The van der Waals surface area contributed by atoms with Crippen molar-refractivity contribution >= 4 is 39.1 Å². The number of hydrogen-bond acceptors (Lipinski definition) is 2. The summed E-state index contributed by atoms with van der Waals surface area (Å²) in [5, 5.41) is 2.99. The van der Waals surface area contributed by atoms with Crippen LogP contribution in [0.5, 0.6) is 0 Å². The monoisotopic (exact) mass is 328 g/mol. The maximum atomic E-state index is 12.9. The number of amides is 1. The van der Waals surface area contributed by atoms with Crippen molar-refractivity contribution in [3.8, 4) is 0 Å². The van der Waals surface area contributed by atoms with Gasteiger partial charge in [0.2, 0.25) is 0 Å². The summed E-state index contributed by atoms with van der Waals surface area (Å²) in [5.74, 6) is -0.811. The van der Waals surface area contributed by atoms with Gasteiger partial charge in [-0.25, -0.2) is 4.39 Å². The van der Waals surface area contributed by atoms with Crippen LogP contribution in [-0.4, -0.2) is 10.9 Å². The van der Waals surface area contributed by atoms with Gasteiger partial charge in [-0.05, 0) is 40.2 Å². The number of nitrogens with zero attached hydrogens (tertiary/aromatic N) is 1. The maximum absolute atomic E-state index is 12.9. The summed E-state index contributed by atoms with van der Waals surface area (Å²) in [4.78, 5) is 15.8. The molecule has 6 heteroatoms. The highest BCUT2D eigenvalue weighted by Crippen LogP contribution is 2.22. The number of carbonyl (C=O) groups is 1. The Morgan fingerprint density at radius 1 is 1.39 bits per heavy atom. The van der Waals surface area contributed by atoms with E-state index in [1.54, 1.807) is 6.07 Å². The number of hydrogen-bond donors (Lipinski definition) is 1. The smallest absolute Gasteiger partial charge is 0.256 e. The molecule has 0 fully saturated rings. The number of halogens is 3. The molecule has 3 nitrogen and oxygen atoms in total. The lowest BCUT2D eigenvalue weighted by atomic mass is 10.2. The van der Waals surface area contributed by atoms with E-state index in [9.17, 15) is 9.18 Å². The largest absolute Gasteiger partial charge is 0.319 e. The SMILES string of the molecule is O=C(Nc1cnccc1Cl)c1ccc(F)cc1Br. The van der Waals surface area contributed by atoms with Crippen LogP contribution in [0.3, 0.4) is 0 Å². The van der Waals surface area contributed by atoms with Gasteiger partial charge in [0, 0.05) is 10.7 Å². The predicted octanol–water partition coefficient (Wildman–Crippen LogP) is 3.89. The van der Waals surface area contributed by atoms with E-state index in [-0.39, 0.29) is 0 Å². The van der Waals surface area contributed by atoms with Gasteiger partial charge >= 0.3 is 0 Å². The Morgan fingerprint density at radius 3 is 2.83 bits per heavy atom. The van der Waals surface area contributed by atoms with Crippen LogP contribution in [0.1, 0.15) is 10.4 Å². The fraction of sp³-hybridized carbons (Fsp3) is 0. The average Bonchev–Trinajstić information content (AvgIpc) is 2.32. The van der Waals surface area contributed by atoms with Gasteiger partial charge in [-0.3, -0.25) is 9.78 Å². The molecule has 18 heavy (non-hydrogen) atoms. The molecule has 0 radical (unpaired) electrons. The Bertz CT molecular complexity index is 606. The summed E-state index contributed by atoms with van der Waals surface area (Å²) in [6.07, 6.45) is 2.96. The first-order valence-electron chi connectivity index (χ1n) is 4.94. The first-order chi connectivity index (χ1) is 8.58. The summed E-state index contributed by atoms with van der Waals surface area (Å²) < 4.78 is 13.3. The molecular weight excluding hydrogens is 322 g/mol. The summed E-state index contributed by atoms with van der Waals surface area (Å²) in [6, 6.07) is 5.39. The van der Waals surface area contributed by atoms with E-state index in [4.69, 9.17) is 11.6 Å².